The summed E-state index contributed by atoms with van der Waals surface area (Å²) in [5.41, 5.74) is 1.95. The quantitative estimate of drug-likeness (QED) is 0.791. The monoisotopic (exact) mass is 336 g/mol. The van der Waals surface area contributed by atoms with Crippen LogP contribution in [0.2, 0.25) is 0 Å². The first-order valence-electron chi connectivity index (χ1n) is 7.51. The van der Waals surface area contributed by atoms with Gasteiger partial charge in [0.25, 0.3) is 0 Å². The van der Waals surface area contributed by atoms with Gasteiger partial charge >= 0.3 is 0 Å². The molecular formula is C16H21BrN2O. The third kappa shape index (κ3) is 2.91. The summed E-state index contributed by atoms with van der Waals surface area (Å²) in [6.07, 6.45) is 6.26. The van der Waals surface area contributed by atoms with Gasteiger partial charge in [-0.25, -0.2) is 0 Å². The SMILES string of the molecule is O=Cc1ccc(N2CCC(N3CCCCC3)C2)cc1Br. The molecule has 0 N–H and O–H groups in total. The molecule has 3 nitrogen and oxygen atoms in total. The van der Waals surface area contributed by atoms with E-state index in [1.165, 1.54) is 44.5 Å². The zero-order valence-electron chi connectivity index (χ0n) is 11.7. The van der Waals surface area contributed by atoms with E-state index in [-0.39, 0.29) is 0 Å². The van der Waals surface area contributed by atoms with Crippen molar-refractivity contribution < 1.29 is 4.79 Å². The molecule has 0 saturated carbocycles. The van der Waals surface area contributed by atoms with Crippen LogP contribution in [0.15, 0.2) is 22.7 Å². The Morgan fingerprint density at radius 3 is 2.65 bits per heavy atom. The maximum Gasteiger partial charge on any atom is 0.151 e. The lowest BCUT2D eigenvalue weighted by molar-refractivity contribution is 0.112. The second kappa shape index (κ2) is 6.27. The Hall–Kier alpha value is -0.870. The van der Waals surface area contributed by atoms with Crippen LogP contribution in [0.3, 0.4) is 0 Å². The van der Waals surface area contributed by atoms with Crippen molar-refractivity contribution in [3.05, 3.63) is 28.2 Å². The van der Waals surface area contributed by atoms with E-state index >= 15 is 0 Å². The molecule has 108 valence electrons. The molecule has 2 heterocycles. The van der Waals surface area contributed by atoms with Crippen LogP contribution in [0.4, 0.5) is 5.69 Å². The summed E-state index contributed by atoms with van der Waals surface area (Å²) in [6.45, 7) is 4.78. The van der Waals surface area contributed by atoms with Crippen LogP contribution in [0.25, 0.3) is 0 Å². The van der Waals surface area contributed by atoms with Gasteiger partial charge < -0.3 is 4.90 Å². The molecule has 2 saturated heterocycles. The number of carbonyl (C=O) groups is 1. The molecule has 2 aliphatic heterocycles. The van der Waals surface area contributed by atoms with Gasteiger partial charge in [-0.15, -0.1) is 0 Å². The van der Waals surface area contributed by atoms with E-state index in [1.807, 2.05) is 6.07 Å². The van der Waals surface area contributed by atoms with Crippen molar-refractivity contribution in [3.8, 4) is 0 Å². The molecule has 0 radical (unpaired) electrons. The van der Waals surface area contributed by atoms with Crippen molar-refractivity contribution in [2.75, 3.05) is 31.1 Å². The fraction of sp³-hybridized carbons (Fsp3) is 0.562. The molecule has 0 amide bonds. The van der Waals surface area contributed by atoms with Crippen LogP contribution in [0, 0.1) is 0 Å². The van der Waals surface area contributed by atoms with Gasteiger partial charge in [-0.1, -0.05) is 6.42 Å². The zero-order valence-corrected chi connectivity index (χ0v) is 13.3. The lowest BCUT2D eigenvalue weighted by atomic mass is 10.1. The number of benzene rings is 1. The van der Waals surface area contributed by atoms with Gasteiger partial charge in [-0.2, -0.15) is 0 Å². The van der Waals surface area contributed by atoms with Gasteiger partial charge in [0.1, 0.15) is 0 Å². The molecule has 4 heteroatoms. The van der Waals surface area contributed by atoms with E-state index in [4.69, 9.17) is 0 Å². The summed E-state index contributed by atoms with van der Waals surface area (Å²) in [4.78, 5) is 16.0. The molecule has 3 rings (SSSR count). The Kier molecular flexibility index (Phi) is 4.41. The highest BCUT2D eigenvalue weighted by Crippen LogP contribution is 2.28. The van der Waals surface area contributed by atoms with Crippen molar-refractivity contribution in [2.45, 2.75) is 31.7 Å². The first-order valence-corrected chi connectivity index (χ1v) is 8.31. The summed E-state index contributed by atoms with van der Waals surface area (Å²) in [5, 5.41) is 0. The highest BCUT2D eigenvalue weighted by atomic mass is 79.9. The first kappa shape index (κ1) is 14.1. The molecule has 1 aromatic rings. The van der Waals surface area contributed by atoms with Crippen molar-refractivity contribution in [1.82, 2.24) is 4.90 Å². The van der Waals surface area contributed by atoms with E-state index in [0.717, 1.165) is 29.4 Å². The second-order valence-electron chi connectivity index (χ2n) is 5.81. The Balaban J connectivity index is 1.67. The predicted octanol–water partition coefficient (Wildman–Crippen LogP) is 3.33. The van der Waals surface area contributed by atoms with Gasteiger partial charge in [0.2, 0.25) is 0 Å². The normalized spacial score (nSPS) is 24.1. The number of hydrogen-bond donors (Lipinski definition) is 0. The van der Waals surface area contributed by atoms with Crippen molar-refractivity contribution >= 4 is 27.9 Å². The maximum absolute atomic E-state index is 10.9. The number of nitrogens with zero attached hydrogens (tertiary/aromatic N) is 2. The summed E-state index contributed by atoms with van der Waals surface area (Å²) in [6, 6.07) is 6.75. The summed E-state index contributed by atoms with van der Waals surface area (Å²) in [7, 11) is 0. The van der Waals surface area contributed by atoms with Crippen LogP contribution in [-0.4, -0.2) is 43.4 Å². The molecular weight excluding hydrogens is 316 g/mol. The zero-order chi connectivity index (χ0) is 13.9. The van der Waals surface area contributed by atoms with Crippen molar-refractivity contribution in [1.29, 1.82) is 0 Å². The third-order valence-corrected chi connectivity index (χ3v) is 5.23. The standard InChI is InChI=1S/C16H21BrN2O/c17-16-10-14(5-4-13(16)12-20)19-9-6-15(11-19)18-7-2-1-3-8-18/h4-5,10,12,15H,1-3,6-9,11H2. The molecule has 1 atom stereocenters. The smallest absolute Gasteiger partial charge is 0.151 e. The van der Waals surface area contributed by atoms with Crippen LogP contribution >= 0.6 is 15.9 Å². The second-order valence-corrected chi connectivity index (χ2v) is 6.66. The third-order valence-electron chi connectivity index (χ3n) is 4.55. The van der Waals surface area contributed by atoms with Gasteiger partial charge in [0, 0.05) is 34.9 Å². The van der Waals surface area contributed by atoms with Crippen molar-refractivity contribution in [3.63, 3.8) is 0 Å². The minimum absolute atomic E-state index is 0.708. The highest BCUT2D eigenvalue weighted by molar-refractivity contribution is 9.10. The van der Waals surface area contributed by atoms with Gasteiger partial charge in [-0.3, -0.25) is 9.69 Å². The topological polar surface area (TPSA) is 23.6 Å². The lowest BCUT2D eigenvalue weighted by Gasteiger charge is -2.32. The van der Waals surface area contributed by atoms with Gasteiger partial charge in [0.15, 0.2) is 6.29 Å². The number of hydrogen-bond acceptors (Lipinski definition) is 3. The summed E-state index contributed by atoms with van der Waals surface area (Å²) < 4.78 is 0.895. The Bertz CT molecular complexity index is 485. The summed E-state index contributed by atoms with van der Waals surface area (Å²) >= 11 is 3.48. The number of likely N-dealkylation sites (tertiary alicyclic amines) is 1. The molecule has 0 aliphatic carbocycles. The van der Waals surface area contributed by atoms with E-state index in [9.17, 15) is 4.79 Å². The van der Waals surface area contributed by atoms with Crippen LogP contribution < -0.4 is 4.90 Å². The van der Waals surface area contributed by atoms with Gasteiger partial charge in [-0.05, 0) is 66.5 Å². The fourth-order valence-electron chi connectivity index (χ4n) is 3.37. The molecule has 20 heavy (non-hydrogen) atoms. The maximum atomic E-state index is 10.9. The number of aldehydes is 1. The van der Waals surface area contributed by atoms with Crippen LogP contribution in [0.5, 0.6) is 0 Å². The number of halogens is 1. The van der Waals surface area contributed by atoms with E-state index in [0.29, 0.717) is 6.04 Å². The number of rotatable bonds is 3. The Labute approximate surface area is 129 Å². The average molecular weight is 337 g/mol. The lowest BCUT2D eigenvalue weighted by Crippen LogP contribution is -2.40. The van der Waals surface area contributed by atoms with E-state index in [1.54, 1.807) is 0 Å². The van der Waals surface area contributed by atoms with Crippen molar-refractivity contribution in [2.24, 2.45) is 0 Å². The average Bonchev–Trinajstić information content (AvgIpc) is 2.98. The van der Waals surface area contributed by atoms with Crippen LogP contribution in [-0.2, 0) is 0 Å². The molecule has 0 spiro atoms. The molecule has 2 aliphatic rings. The van der Waals surface area contributed by atoms with Gasteiger partial charge in [0.05, 0.1) is 0 Å². The largest absolute Gasteiger partial charge is 0.370 e. The molecule has 2 fully saturated rings. The molecule has 1 unspecified atom stereocenters. The van der Waals surface area contributed by atoms with Crippen LogP contribution in [0.1, 0.15) is 36.0 Å². The van der Waals surface area contributed by atoms with E-state index < -0.39 is 0 Å². The number of carbonyl (C=O) groups excluding carboxylic acids is 1. The molecule has 1 aromatic carbocycles. The first-order chi connectivity index (χ1) is 9.78. The minimum Gasteiger partial charge on any atom is -0.370 e. The number of piperidine rings is 1. The summed E-state index contributed by atoms with van der Waals surface area (Å²) in [5.74, 6) is 0. The minimum atomic E-state index is 0.708. The number of anilines is 1. The predicted molar refractivity (Wildman–Crippen MR) is 85.6 cm³/mol. The Morgan fingerprint density at radius 2 is 1.95 bits per heavy atom. The fourth-order valence-corrected chi connectivity index (χ4v) is 3.83. The molecule has 0 bridgehead atoms. The Morgan fingerprint density at radius 1 is 1.15 bits per heavy atom. The molecule has 0 aromatic heterocycles. The highest BCUT2D eigenvalue weighted by Gasteiger charge is 2.28. The van der Waals surface area contributed by atoms with E-state index in [2.05, 4.69) is 37.9 Å².